The number of aromatic nitrogens is 1. The molecule has 0 aliphatic rings. The molecule has 0 spiro atoms. The number of thiazole rings is 1. The van der Waals surface area contributed by atoms with E-state index in [-0.39, 0.29) is 10.8 Å². The first-order valence-corrected chi connectivity index (χ1v) is 11.4. The summed E-state index contributed by atoms with van der Waals surface area (Å²) in [6, 6.07) is 13.4. The van der Waals surface area contributed by atoms with Crippen molar-refractivity contribution in [2.75, 3.05) is 19.4 Å². The zero-order chi connectivity index (χ0) is 20.3. The Balaban J connectivity index is 1.66. The molecule has 0 saturated heterocycles. The minimum atomic E-state index is -3.51. The van der Waals surface area contributed by atoms with Crippen molar-refractivity contribution >= 4 is 44.7 Å². The quantitative estimate of drug-likeness (QED) is 0.633. The molecule has 6 nitrogen and oxygen atoms in total. The van der Waals surface area contributed by atoms with Gasteiger partial charge in [-0.05, 0) is 55.5 Å². The van der Waals surface area contributed by atoms with Crippen LogP contribution in [0.4, 0.5) is 5.69 Å². The molecule has 0 aliphatic heterocycles. The highest BCUT2D eigenvalue weighted by Gasteiger charge is 2.17. The normalized spacial score (nSPS) is 11.6. The zero-order valence-electron chi connectivity index (χ0n) is 15.5. The van der Waals surface area contributed by atoms with E-state index in [0.29, 0.717) is 11.3 Å². The minimum Gasteiger partial charge on any atom is -0.322 e. The number of hydrogen-bond acceptors (Lipinski definition) is 6. The van der Waals surface area contributed by atoms with Crippen LogP contribution in [-0.2, 0) is 10.0 Å². The van der Waals surface area contributed by atoms with Crippen LogP contribution < -0.4 is 5.32 Å². The second-order valence-electron chi connectivity index (χ2n) is 6.15. The van der Waals surface area contributed by atoms with E-state index in [4.69, 9.17) is 0 Å². The average Bonchev–Trinajstić information content (AvgIpc) is 3.08. The molecule has 1 N–H and O–H groups in total. The van der Waals surface area contributed by atoms with E-state index in [2.05, 4.69) is 10.3 Å². The summed E-state index contributed by atoms with van der Waals surface area (Å²) in [5.41, 5.74) is 2.05. The summed E-state index contributed by atoms with van der Waals surface area (Å²) in [6.45, 7) is 1.96. The summed E-state index contributed by atoms with van der Waals surface area (Å²) in [7, 11) is -0.581. The minimum absolute atomic E-state index is 0.146. The van der Waals surface area contributed by atoms with Crippen molar-refractivity contribution in [2.45, 2.75) is 21.1 Å². The van der Waals surface area contributed by atoms with Crippen LogP contribution in [0.5, 0.6) is 0 Å². The number of anilines is 1. The molecule has 0 saturated carbocycles. The molecule has 9 heteroatoms. The predicted octanol–water partition coefficient (Wildman–Crippen LogP) is 4.11. The fourth-order valence-corrected chi connectivity index (χ4v) is 4.99. The molecule has 3 aromatic rings. The highest BCUT2D eigenvalue weighted by atomic mass is 32.2. The first kappa shape index (κ1) is 20.5. The van der Waals surface area contributed by atoms with Crippen LogP contribution in [0.25, 0.3) is 0 Å². The summed E-state index contributed by atoms with van der Waals surface area (Å²) in [4.78, 5) is 18.0. The van der Waals surface area contributed by atoms with Crippen LogP contribution in [0.2, 0.25) is 0 Å². The van der Waals surface area contributed by atoms with Gasteiger partial charge in [0.15, 0.2) is 4.34 Å². The van der Waals surface area contributed by atoms with Crippen LogP contribution in [0.3, 0.4) is 0 Å². The van der Waals surface area contributed by atoms with Gasteiger partial charge in [-0.25, -0.2) is 17.7 Å². The second kappa shape index (κ2) is 8.44. The average molecular weight is 434 g/mol. The molecule has 0 aliphatic carbocycles. The first-order chi connectivity index (χ1) is 13.3. The van der Waals surface area contributed by atoms with Crippen molar-refractivity contribution in [3.63, 3.8) is 0 Å². The number of amides is 1. The molecule has 0 radical (unpaired) electrons. The van der Waals surface area contributed by atoms with E-state index < -0.39 is 10.0 Å². The van der Waals surface area contributed by atoms with Gasteiger partial charge in [-0.2, -0.15) is 0 Å². The monoisotopic (exact) mass is 433 g/mol. The van der Waals surface area contributed by atoms with E-state index in [1.165, 1.54) is 38.4 Å². The van der Waals surface area contributed by atoms with Gasteiger partial charge < -0.3 is 5.32 Å². The molecule has 28 heavy (non-hydrogen) atoms. The standard InChI is InChI=1S/C19H19N3O3S3/c1-13-12-26-19(20-13)27-16-8-6-15(7-9-16)21-18(23)14-4-10-17(11-5-14)28(24,25)22(2)3/h4-12H,1-3H3,(H,21,23). The lowest BCUT2D eigenvalue weighted by atomic mass is 10.2. The van der Waals surface area contributed by atoms with Crippen molar-refractivity contribution < 1.29 is 13.2 Å². The Morgan fingerprint density at radius 2 is 1.71 bits per heavy atom. The lowest BCUT2D eigenvalue weighted by Gasteiger charge is -2.11. The molecule has 146 valence electrons. The van der Waals surface area contributed by atoms with Crippen molar-refractivity contribution in [2.24, 2.45) is 0 Å². The first-order valence-electron chi connectivity index (χ1n) is 8.30. The molecule has 0 bridgehead atoms. The lowest BCUT2D eigenvalue weighted by molar-refractivity contribution is 0.102. The molecular weight excluding hydrogens is 414 g/mol. The van der Waals surface area contributed by atoms with Gasteiger partial charge in [0.2, 0.25) is 10.0 Å². The number of aryl methyl sites for hydroxylation is 1. The van der Waals surface area contributed by atoms with Crippen LogP contribution >= 0.6 is 23.1 Å². The van der Waals surface area contributed by atoms with Gasteiger partial charge in [0.25, 0.3) is 5.91 Å². The third kappa shape index (κ3) is 4.79. The Morgan fingerprint density at radius 3 is 2.25 bits per heavy atom. The van der Waals surface area contributed by atoms with Crippen LogP contribution in [0, 0.1) is 6.92 Å². The third-order valence-electron chi connectivity index (χ3n) is 3.81. The van der Waals surface area contributed by atoms with Gasteiger partial charge in [-0.3, -0.25) is 4.79 Å². The van der Waals surface area contributed by atoms with Crippen LogP contribution in [-0.4, -0.2) is 37.7 Å². The van der Waals surface area contributed by atoms with Crippen molar-refractivity contribution in [1.29, 1.82) is 0 Å². The van der Waals surface area contributed by atoms with E-state index in [1.54, 1.807) is 23.1 Å². The third-order valence-corrected chi connectivity index (χ3v) is 7.70. The van der Waals surface area contributed by atoms with Gasteiger partial charge in [-0.1, -0.05) is 11.8 Å². The molecular formula is C19H19N3O3S3. The SMILES string of the molecule is Cc1csc(Sc2ccc(NC(=O)c3ccc(S(=O)(=O)N(C)C)cc3)cc2)n1. The van der Waals surface area contributed by atoms with E-state index in [1.807, 2.05) is 36.6 Å². The molecule has 0 fully saturated rings. The largest absolute Gasteiger partial charge is 0.322 e. The van der Waals surface area contributed by atoms with Crippen molar-refractivity contribution in [3.8, 4) is 0 Å². The number of sulfonamides is 1. The number of benzene rings is 2. The zero-order valence-corrected chi connectivity index (χ0v) is 18.0. The highest BCUT2D eigenvalue weighted by molar-refractivity contribution is 8.01. The molecule has 0 atom stereocenters. The van der Waals surface area contributed by atoms with Gasteiger partial charge in [-0.15, -0.1) is 11.3 Å². The number of nitrogens with one attached hydrogen (secondary N) is 1. The number of rotatable bonds is 6. The number of carbonyl (C=O) groups excluding carboxylic acids is 1. The van der Waals surface area contributed by atoms with Gasteiger partial charge in [0.1, 0.15) is 0 Å². The van der Waals surface area contributed by atoms with E-state index in [0.717, 1.165) is 19.2 Å². The molecule has 0 unspecified atom stereocenters. The summed E-state index contributed by atoms with van der Waals surface area (Å²) in [5, 5.41) is 4.82. The van der Waals surface area contributed by atoms with Crippen molar-refractivity contribution in [1.82, 2.24) is 9.29 Å². The van der Waals surface area contributed by atoms with Gasteiger partial charge >= 0.3 is 0 Å². The van der Waals surface area contributed by atoms with Gasteiger partial charge in [0.05, 0.1) is 4.90 Å². The number of carbonyl (C=O) groups is 1. The molecule has 1 aromatic heterocycles. The molecule has 1 heterocycles. The Labute approximate surface area is 172 Å². The highest BCUT2D eigenvalue weighted by Crippen LogP contribution is 2.30. The fourth-order valence-electron chi connectivity index (χ4n) is 2.28. The van der Waals surface area contributed by atoms with E-state index in [9.17, 15) is 13.2 Å². The molecule has 1 amide bonds. The summed E-state index contributed by atoms with van der Waals surface area (Å²) >= 11 is 3.17. The summed E-state index contributed by atoms with van der Waals surface area (Å²) < 4.78 is 26.3. The van der Waals surface area contributed by atoms with E-state index >= 15 is 0 Å². The maximum atomic E-state index is 12.4. The number of hydrogen-bond donors (Lipinski definition) is 1. The Kier molecular flexibility index (Phi) is 6.19. The Morgan fingerprint density at radius 1 is 1.07 bits per heavy atom. The molecule has 2 aromatic carbocycles. The van der Waals surface area contributed by atoms with Crippen LogP contribution in [0.15, 0.2) is 68.0 Å². The maximum Gasteiger partial charge on any atom is 0.255 e. The fraction of sp³-hybridized carbons (Fsp3) is 0.158. The van der Waals surface area contributed by atoms with Crippen LogP contribution in [0.1, 0.15) is 16.1 Å². The topological polar surface area (TPSA) is 79.4 Å². The number of nitrogens with zero attached hydrogens (tertiary/aromatic N) is 2. The lowest BCUT2D eigenvalue weighted by Crippen LogP contribution is -2.22. The second-order valence-corrected chi connectivity index (χ2v) is 10.5. The van der Waals surface area contributed by atoms with Gasteiger partial charge in [0, 0.05) is 41.3 Å². The molecule has 3 rings (SSSR count). The maximum absolute atomic E-state index is 12.4. The van der Waals surface area contributed by atoms with Crippen molar-refractivity contribution in [3.05, 3.63) is 65.2 Å². The Bertz CT molecular complexity index is 1070. The smallest absolute Gasteiger partial charge is 0.255 e. The predicted molar refractivity (Wildman–Crippen MR) is 113 cm³/mol. The Hall–Kier alpha value is -2.20. The summed E-state index contributed by atoms with van der Waals surface area (Å²) in [6.07, 6.45) is 0. The summed E-state index contributed by atoms with van der Waals surface area (Å²) in [5.74, 6) is -0.301.